The zero-order valence-corrected chi connectivity index (χ0v) is 18.7. The van der Waals surface area contributed by atoms with Gasteiger partial charge in [-0.15, -0.1) is 0 Å². The molecular weight excluding hydrogens is 436 g/mol. The number of nitriles is 1. The first-order valence-electron chi connectivity index (χ1n) is 10.6. The molecule has 0 bridgehead atoms. The molecule has 1 fully saturated rings. The number of nitrogens with one attached hydrogen (secondary N) is 2. The van der Waals surface area contributed by atoms with Gasteiger partial charge in [-0.2, -0.15) is 5.26 Å². The topological polar surface area (TPSA) is 132 Å². The van der Waals surface area contributed by atoms with E-state index < -0.39 is 42.8 Å². The quantitative estimate of drug-likeness (QED) is 0.572. The highest BCUT2D eigenvalue weighted by molar-refractivity contribution is 5.97. The van der Waals surface area contributed by atoms with E-state index in [1.165, 1.54) is 25.3 Å². The molecule has 2 atom stereocenters. The molecule has 3 amide bonds. The number of alkyl halides is 2. The number of hydrogen-bond donors (Lipinski definition) is 2. The summed E-state index contributed by atoms with van der Waals surface area (Å²) in [7, 11) is 0. The Kier molecular flexibility index (Phi) is 8.56. The number of carbonyl (C=O) groups is 4. The van der Waals surface area contributed by atoms with E-state index in [1.807, 2.05) is 0 Å². The van der Waals surface area contributed by atoms with E-state index in [9.17, 15) is 28.0 Å². The Balaban J connectivity index is 1.92. The summed E-state index contributed by atoms with van der Waals surface area (Å²) in [6.07, 6.45) is 0.815. The van der Waals surface area contributed by atoms with Gasteiger partial charge in [0.25, 0.3) is 11.8 Å². The summed E-state index contributed by atoms with van der Waals surface area (Å²) in [6, 6.07) is 2.14. The first kappa shape index (κ1) is 25.8. The van der Waals surface area contributed by atoms with Gasteiger partial charge in [0.15, 0.2) is 0 Å². The van der Waals surface area contributed by atoms with Crippen LogP contribution in [0.5, 0.6) is 0 Å². The molecule has 1 aliphatic heterocycles. The van der Waals surface area contributed by atoms with Crippen LogP contribution in [0.25, 0.3) is 0 Å². The van der Waals surface area contributed by atoms with Gasteiger partial charge in [0.05, 0.1) is 24.9 Å². The number of carbonyl (C=O) groups excluding carboxylic acids is 4. The van der Waals surface area contributed by atoms with Crippen molar-refractivity contribution in [2.75, 3.05) is 6.54 Å². The van der Waals surface area contributed by atoms with Crippen molar-refractivity contribution in [2.24, 2.45) is 5.92 Å². The molecule has 0 saturated carbocycles. The molecule has 0 aliphatic carbocycles. The number of aromatic nitrogens is 1. The van der Waals surface area contributed by atoms with E-state index in [2.05, 4.69) is 15.6 Å². The lowest BCUT2D eigenvalue weighted by Crippen LogP contribution is -2.48. The molecule has 0 radical (unpaired) electrons. The Labute approximate surface area is 190 Å². The van der Waals surface area contributed by atoms with Crippen molar-refractivity contribution < 1.29 is 28.0 Å². The Morgan fingerprint density at radius 2 is 1.97 bits per heavy atom. The van der Waals surface area contributed by atoms with Crippen LogP contribution in [0.15, 0.2) is 18.3 Å². The van der Waals surface area contributed by atoms with E-state index in [4.69, 9.17) is 5.26 Å². The number of nitrogens with zero attached hydrogens (tertiary/aromatic N) is 3. The molecule has 1 saturated heterocycles. The number of pyridine rings is 1. The van der Waals surface area contributed by atoms with Crippen molar-refractivity contribution in [1.82, 2.24) is 20.5 Å². The minimum Gasteiger partial charge on any atom is -0.350 e. The molecule has 2 heterocycles. The second kappa shape index (κ2) is 10.9. The van der Waals surface area contributed by atoms with Crippen molar-refractivity contribution in [2.45, 2.75) is 64.6 Å². The molecule has 178 valence electrons. The minimum atomic E-state index is -3.15. The first-order chi connectivity index (χ1) is 15.4. The standard InChI is InChI=1S/C22H27F2N5O4/c1-13(2)18(30)4-5-19(31)27-11-16-8-15(6-7-26-16)20(32)28-14(3)21(33)29-12-22(23,24)9-17(29)10-25/h6-8,13-14,17H,4-5,9,11-12H2,1-3H3,(H,27,31)(H,28,32)/t14?,17-/m0/s1. The van der Waals surface area contributed by atoms with Gasteiger partial charge in [-0.05, 0) is 19.1 Å². The van der Waals surface area contributed by atoms with Gasteiger partial charge in [0.2, 0.25) is 11.8 Å². The Morgan fingerprint density at radius 1 is 1.27 bits per heavy atom. The van der Waals surface area contributed by atoms with Crippen LogP contribution in [0.4, 0.5) is 8.78 Å². The summed E-state index contributed by atoms with van der Waals surface area (Å²) >= 11 is 0. The van der Waals surface area contributed by atoms with Gasteiger partial charge in [-0.25, -0.2) is 8.78 Å². The van der Waals surface area contributed by atoms with Crippen molar-refractivity contribution in [3.05, 3.63) is 29.6 Å². The van der Waals surface area contributed by atoms with Crippen LogP contribution in [0.3, 0.4) is 0 Å². The van der Waals surface area contributed by atoms with Gasteiger partial charge < -0.3 is 15.5 Å². The molecule has 1 aromatic rings. The van der Waals surface area contributed by atoms with Crippen molar-refractivity contribution in [1.29, 1.82) is 5.26 Å². The molecule has 1 aliphatic rings. The second-order valence-electron chi connectivity index (χ2n) is 8.30. The Hall–Kier alpha value is -3.42. The van der Waals surface area contributed by atoms with E-state index in [1.54, 1.807) is 19.9 Å². The number of hydrogen-bond acceptors (Lipinski definition) is 6. The SMILES string of the molecule is CC(C)C(=O)CCC(=O)NCc1cc(C(=O)NC(C)C(=O)N2CC(F)(F)C[C@H]2C#N)ccn1. The van der Waals surface area contributed by atoms with E-state index in [-0.39, 0.29) is 42.6 Å². The fourth-order valence-electron chi connectivity index (χ4n) is 3.27. The summed E-state index contributed by atoms with van der Waals surface area (Å²) in [5, 5.41) is 14.1. The zero-order valence-electron chi connectivity index (χ0n) is 18.7. The number of ketones is 1. The molecular formula is C22H27F2N5O4. The highest BCUT2D eigenvalue weighted by Crippen LogP contribution is 2.32. The third-order valence-electron chi connectivity index (χ3n) is 5.21. The molecule has 11 heteroatoms. The predicted octanol–water partition coefficient (Wildman–Crippen LogP) is 1.58. The maximum Gasteiger partial charge on any atom is 0.268 e. The fraction of sp³-hybridized carbons (Fsp3) is 0.545. The van der Waals surface area contributed by atoms with Gasteiger partial charge in [0, 0.05) is 36.9 Å². The minimum absolute atomic E-state index is 0.00986. The summed E-state index contributed by atoms with van der Waals surface area (Å²) in [5.74, 6) is -5.03. The first-order valence-corrected chi connectivity index (χ1v) is 10.6. The van der Waals surface area contributed by atoms with Gasteiger partial charge in [-0.3, -0.25) is 24.2 Å². The smallest absolute Gasteiger partial charge is 0.268 e. The summed E-state index contributed by atoms with van der Waals surface area (Å²) in [6.45, 7) is 4.05. The highest BCUT2D eigenvalue weighted by Gasteiger charge is 2.48. The highest BCUT2D eigenvalue weighted by atomic mass is 19.3. The van der Waals surface area contributed by atoms with Crippen LogP contribution in [0.2, 0.25) is 0 Å². The molecule has 33 heavy (non-hydrogen) atoms. The second-order valence-corrected chi connectivity index (χ2v) is 8.30. The third kappa shape index (κ3) is 7.30. The summed E-state index contributed by atoms with van der Waals surface area (Å²) in [4.78, 5) is 53.4. The zero-order chi connectivity index (χ0) is 24.8. The molecule has 2 N–H and O–H groups in total. The normalized spacial score (nSPS) is 17.8. The van der Waals surface area contributed by atoms with Crippen LogP contribution in [-0.4, -0.2) is 57.9 Å². The monoisotopic (exact) mass is 463 g/mol. The van der Waals surface area contributed by atoms with Crippen LogP contribution in [0, 0.1) is 17.2 Å². The molecule has 1 aromatic heterocycles. The van der Waals surface area contributed by atoms with Crippen LogP contribution in [-0.2, 0) is 20.9 Å². The van der Waals surface area contributed by atoms with Crippen molar-refractivity contribution in [3.63, 3.8) is 0 Å². The molecule has 9 nitrogen and oxygen atoms in total. The largest absolute Gasteiger partial charge is 0.350 e. The van der Waals surface area contributed by atoms with E-state index in [0.29, 0.717) is 5.69 Å². The molecule has 2 rings (SSSR count). The summed E-state index contributed by atoms with van der Waals surface area (Å²) < 4.78 is 27.2. The van der Waals surface area contributed by atoms with Crippen LogP contribution in [0.1, 0.15) is 56.1 Å². The molecule has 0 aromatic carbocycles. The maximum absolute atomic E-state index is 13.6. The number of likely N-dealkylation sites (tertiary alicyclic amines) is 1. The molecule has 0 spiro atoms. The number of Topliss-reactive ketones (excluding diaryl/α,β-unsaturated/α-hetero) is 1. The molecule has 1 unspecified atom stereocenters. The lowest BCUT2D eigenvalue weighted by atomic mass is 10.0. The van der Waals surface area contributed by atoms with Crippen LogP contribution < -0.4 is 10.6 Å². The summed E-state index contributed by atoms with van der Waals surface area (Å²) in [5.41, 5.74) is 0.543. The number of rotatable bonds is 9. The maximum atomic E-state index is 13.6. The van der Waals surface area contributed by atoms with Gasteiger partial charge in [-0.1, -0.05) is 13.8 Å². The Morgan fingerprint density at radius 3 is 2.61 bits per heavy atom. The predicted molar refractivity (Wildman–Crippen MR) is 113 cm³/mol. The van der Waals surface area contributed by atoms with E-state index in [0.717, 1.165) is 4.90 Å². The third-order valence-corrected chi connectivity index (χ3v) is 5.21. The lowest BCUT2D eigenvalue weighted by Gasteiger charge is -2.23. The average Bonchev–Trinajstić information content (AvgIpc) is 3.09. The fourth-order valence-corrected chi connectivity index (χ4v) is 3.27. The van der Waals surface area contributed by atoms with Gasteiger partial charge in [0.1, 0.15) is 17.9 Å². The van der Waals surface area contributed by atoms with Crippen molar-refractivity contribution >= 4 is 23.5 Å². The van der Waals surface area contributed by atoms with Crippen molar-refractivity contribution in [3.8, 4) is 6.07 Å². The number of amides is 3. The van der Waals surface area contributed by atoms with Gasteiger partial charge >= 0.3 is 0 Å². The Bertz CT molecular complexity index is 960. The van der Waals surface area contributed by atoms with E-state index >= 15 is 0 Å². The number of halogens is 2. The lowest BCUT2D eigenvalue weighted by molar-refractivity contribution is -0.134. The van der Waals surface area contributed by atoms with Crippen LogP contribution >= 0.6 is 0 Å². The average molecular weight is 463 g/mol.